The smallest absolute Gasteiger partial charge is 0.414 e. The van der Waals surface area contributed by atoms with Crippen LogP contribution in [0.2, 0.25) is 0 Å². The number of esters is 1. The molecule has 7 heteroatoms. The van der Waals surface area contributed by atoms with E-state index >= 15 is 0 Å². The molecule has 0 aromatic carbocycles. The number of ether oxygens (including phenoxy) is 1. The Balaban J connectivity index is 0. The molecule has 1 atom stereocenters. The molecule has 0 saturated heterocycles. The third kappa shape index (κ3) is 12.4. The number of rotatable bonds is 1. The summed E-state index contributed by atoms with van der Waals surface area (Å²) in [6, 6.07) is -0.528. The van der Waals surface area contributed by atoms with E-state index in [9.17, 15) is 4.79 Å². The second kappa shape index (κ2) is 6.78. The largest absolute Gasteiger partial charge is 0.473 e. The standard InChI is InChI=1S/C7H15NO2.C2H2O4/c1-5(8)6(9)10-7(2,3)4;3-1(4)2(5)6/h5H,8H2,1-4H3;(H,3,4)(H,5,6)/t5-;/m0./s1. The minimum atomic E-state index is -1.82. The van der Waals surface area contributed by atoms with Crippen molar-refractivity contribution in [2.45, 2.75) is 39.3 Å². The zero-order chi connectivity index (χ0) is 13.5. The summed E-state index contributed by atoms with van der Waals surface area (Å²) in [6.07, 6.45) is 0. The molecule has 0 aliphatic carbocycles. The average Bonchev–Trinajstić information content (AvgIpc) is 2.01. The molecule has 0 spiro atoms. The monoisotopic (exact) mass is 235 g/mol. The fourth-order valence-electron chi connectivity index (χ4n) is 0.395. The van der Waals surface area contributed by atoms with Crippen molar-refractivity contribution in [2.24, 2.45) is 5.73 Å². The van der Waals surface area contributed by atoms with Crippen molar-refractivity contribution in [3.8, 4) is 0 Å². The van der Waals surface area contributed by atoms with Crippen LogP contribution in [0.3, 0.4) is 0 Å². The average molecular weight is 235 g/mol. The second-order valence-electron chi connectivity index (χ2n) is 3.93. The van der Waals surface area contributed by atoms with Crippen molar-refractivity contribution in [2.75, 3.05) is 0 Å². The number of carboxylic acid groups (broad SMARTS) is 2. The number of aliphatic carboxylic acids is 2. The molecule has 0 rings (SSSR count). The Morgan fingerprint density at radius 3 is 1.50 bits per heavy atom. The first-order valence-electron chi connectivity index (χ1n) is 4.42. The Kier molecular flexibility index (Phi) is 7.11. The summed E-state index contributed by atoms with van der Waals surface area (Å²) in [6.45, 7) is 7.04. The SMILES string of the molecule is C[C@H](N)C(=O)OC(C)(C)C.O=C(O)C(=O)O. The van der Waals surface area contributed by atoms with E-state index in [1.807, 2.05) is 20.8 Å². The Hall–Kier alpha value is -1.63. The number of hydrogen-bond donors (Lipinski definition) is 3. The van der Waals surface area contributed by atoms with Gasteiger partial charge >= 0.3 is 17.9 Å². The van der Waals surface area contributed by atoms with Crippen LogP contribution < -0.4 is 5.73 Å². The molecule has 0 amide bonds. The van der Waals surface area contributed by atoms with Gasteiger partial charge in [0, 0.05) is 0 Å². The zero-order valence-corrected chi connectivity index (χ0v) is 9.68. The number of hydrogen-bond acceptors (Lipinski definition) is 5. The topological polar surface area (TPSA) is 127 Å². The third-order valence-electron chi connectivity index (χ3n) is 0.962. The van der Waals surface area contributed by atoms with Gasteiger partial charge in [0.15, 0.2) is 0 Å². The Labute approximate surface area is 93.2 Å². The summed E-state index contributed by atoms with van der Waals surface area (Å²) in [7, 11) is 0. The molecule has 0 heterocycles. The van der Waals surface area contributed by atoms with Gasteiger partial charge in [-0.2, -0.15) is 0 Å². The predicted octanol–water partition coefficient (Wildman–Crippen LogP) is -0.169. The van der Waals surface area contributed by atoms with E-state index in [-0.39, 0.29) is 5.97 Å². The quantitative estimate of drug-likeness (QED) is 0.425. The summed E-state index contributed by atoms with van der Waals surface area (Å²) in [5.74, 6) is -4.00. The fraction of sp³-hybridized carbons (Fsp3) is 0.667. The summed E-state index contributed by atoms with van der Waals surface area (Å²) in [4.78, 5) is 29.0. The van der Waals surface area contributed by atoms with Gasteiger partial charge in [-0.1, -0.05) is 0 Å². The van der Waals surface area contributed by atoms with Gasteiger partial charge in [0.1, 0.15) is 11.6 Å². The van der Waals surface area contributed by atoms with Gasteiger partial charge in [0.05, 0.1) is 0 Å². The molecule has 4 N–H and O–H groups in total. The van der Waals surface area contributed by atoms with Gasteiger partial charge < -0.3 is 20.7 Å². The fourth-order valence-corrected chi connectivity index (χ4v) is 0.395. The Morgan fingerprint density at radius 2 is 1.44 bits per heavy atom. The molecule has 16 heavy (non-hydrogen) atoms. The molecule has 7 nitrogen and oxygen atoms in total. The van der Waals surface area contributed by atoms with E-state index < -0.39 is 23.6 Å². The summed E-state index contributed by atoms with van der Waals surface area (Å²) in [5.41, 5.74) is 4.84. The van der Waals surface area contributed by atoms with Crippen LogP contribution in [0.1, 0.15) is 27.7 Å². The van der Waals surface area contributed by atoms with Crippen LogP contribution in [-0.2, 0) is 19.1 Å². The van der Waals surface area contributed by atoms with Gasteiger partial charge in [-0.3, -0.25) is 4.79 Å². The molecule has 0 aliphatic heterocycles. The first-order chi connectivity index (χ1) is 6.97. The number of carboxylic acids is 2. The summed E-state index contributed by atoms with van der Waals surface area (Å²) < 4.78 is 4.94. The maximum Gasteiger partial charge on any atom is 0.414 e. The van der Waals surface area contributed by atoms with Crippen molar-refractivity contribution in [3.63, 3.8) is 0 Å². The molecule has 0 unspecified atom stereocenters. The second-order valence-corrected chi connectivity index (χ2v) is 3.93. The Morgan fingerprint density at radius 1 is 1.12 bits per heavy atom. The van der Waals surface area contributed by atoms with Gasteiger partial charge in [0.2, 0.25) is 0 Å². The molecular formula is C9H17NO6. The highest BCUT2D eigenvalue weighted by atomic mass is 16.6. The van der Waals surface area contributed by atoms with Crippen LogP contribution in [0.4, 0.5) is 0 Å². The first kappa shape index (κ1) is 16.8. The van der Waals surface area contributed by atoms with E-state index in [2.05, 4.69) is 0 Å². The molecule has 0 bridgehead atoms. The van der Waals surface area contributed by atoms with Crippen LogP contribution in [0.15, 0.2) is 0 Å². The summed E-state index contributed by atoms with van der Waals surface area (Å²) >= 11 is 0. The maximum atomic E-state index is 10.8. The lowest BCUT2D eigenvalue weighted by molar-refractivity contribution is -0.159. The first-order valence-corrected chi connectivity index (χ1v) is 4.42. The minimum absolute atomic E-state index is 0.354. The van der Waals surface area contributed by atoms with E-state index in [4.69, 9.17) is 30.3 Å². The summed E-state index contributed by atoms with van der Waals surface area (Å²) in [5, 5.41) is 14.8. The van der Waals surface area contributed by atoms with Crippen molar-refractivity contribution in [3.05, 3.63) is 0 Å². The molecule has 94 valence electrons. The lowest BCUT2D eigenvalue weighted by atomic mass is 10.2. The van der Waals surface area contributed by atoms with Gasteiger partial charge in [-0.05, 0) is 27.7 Å². The molecule has 0 fully saturated rings. The highest BCUT2D eigenvalue weighted by molar-refractivity contribution is 6.27. The van der Waals surface area contributed by atoms with Crippen LogP contribution in [0, 0.1) is 0 Å². The van der Waals surface area contributed by atoms with Crippen LogP contribution >= 0.6 is 0 Å². The highest BCUT2D eigenvalue weighted by Crippen LogP contribution is 2.07. The zero-order valence-electron chi connectivity index (χ0n) is 9.68. The van der Waals surface area contributed by atoms with Crippen molar-refractivity contribution in [1.29, 1.82) is 0 Å². The van der Waals surface area contributed by atoms with Gasteiger partial charge in [0.25, 0.3) is 0 Å². The molecule has 0 aromatic rings. The van der Waals surface area contributed by atoms with Crippen molar-refractivity contribution < 1.29 is 29.3 Å². The van der Waals surface area contributed by atoms with Gasteiger partial charge in [-0.25, -0.2) is 9.59 Å². The highest BCUT2D eigenvalue weighted by Gasteiger charge is 2.18. The molecule has 0 radical (unpaired) electrons. The van der Waals surface area contributed by atoms with Crippen LogP contribution in [0.25, 0.3) is 0 Å². The molecule has 0 aromatic heterocycles. The third-order valence-corrected chi connectivity index (χ3v) is 0.962. The van der Waals surface area contributed by atoms with Crippen LogP contribution in [-0.4, -0.2) is 39.8 Å². The van der Waals surface area contributed by atoms with E-state index in [0.717, 1.165) is 0 Å². The normalized spacial score (nSPS) is 11.8. The lowest BCUT2D eigenvalue weighted by Gasteiger charge is -2.20. The number of carbonyl (C=O) groups is 3. The van der Waals surface area contributed by atoms with Crippen LogP contribution in [0.5, 0.6) is 0 Å². The molecule has 0 aliphatic rings. The van der Waals surface area contributed by atoms with E-state index in [1.54, 1.807) is 6.92 Å². The van der Waals surface area contributed by atoms with Crippen molar-refractivity contribution >= 4 is 17.9 Å². The minimum Gasteiger partial charge on any atom is -0.473 e. The lowest BCUT2D eigenvalue weighted by Crippen LogP contribution is -2.35. The maximum absolute atomic E-state index is 10.8. The van der Waals surface area contributed by atoms with Gasteiger partial charge in [-0.15, -0.1) is 0 Å². The number of carbonyl (C=O) groups excluding carboxylic acids is 1. The Bertz CT molecular complexity index is 254. The molecular weight excluding hydrogens is 218 g/mol. The predicted molar refractivity (Wildman–Crippen MR) is 54.8 cm³/mol. The molecule has 0 saturated carbocycles. The van der Waals surface area contributed by atoms with Crippen molar-refractivity contribution in [1.82, 2.24) is 0 Å². The van der Waals surface area contributed by atoms with E-state index in [1.165, 1.54) is 0 Å². The van der Waals surface area contributed by atoms with E-state index in [0.29, 0.717) is 0 Å². The number of nitrogens with two attached hydrogens (primary N) is 1.